The van der Waals surface area contributed by atoms with Gasteiger partial charge in [-0.25, -0.2) is 4.98 Å². The summed E-state index contributed by atoms with van der Waals surface area (Å²) in [6.07, 6.45) is 5.93. The van der Waals surface area contributed by atoms with E-state index < -0.39 is 0 Å². The first-order chi connectivity index (χ1) is 9.24. The van der Waals surface area contributed by atoms with Crippen LogP contribution in [-0.4, -0.2) is 24.5 Å². The summed E-state index contributed by atoms with van der Waals surface area (Å²) in [5.41, 5.74) is 7.15. The van der Waals surface area contributed by atoms with Crippen molar-refractivity contribution in [2.75, 3.05) is 5.73 Å². The topological polar surface area (TPSA) is 102 Å². The number of nitrogen functional groups attached to an aromatic ring is 1. The van der Waals surface area contributed by atoms with Crippen molar-refractivity contribution in [3.05, 3.63) is 46.8 Å². The minimum Gasteiger partial charge on any atom is -0.369 e. The Morgan fingerprint density at radius 3 is 3.11 bits per heavy atom. The predicted octanol–water partition coefficient (Wildman–Crippen LogP) is 0.339. The maximum Gasteiger partial charge on any atom is 0.280 e. The van der Waals surface area contributed by atoms with Crippen molar-refractivity contribution in [1.29, 1.82) is 0 Å². The fourth-order valence-corrected chi connectivity index (χ4v) is 1.93. The Morgan fingerprint density at radius 2 is 2.32 bits per heavy atom. The first-order valence-corrected chi connectivity index (χ1v) is 5.83. The largest absolute Gasteiger partial charge is 0.369 e. The van der Waals surface area contributed by atoms with E-state index in [9.17, 15) is 4.79 Å². The van der Waals surface area contributed by atoms with E-state index in [1.54, 1.807) is 12.5 Å². The molecule has 0 radical (unpaired) electrons. The molecule has 19 heavy (non-hydrogen) atoms. The zero-order valence-corrected chi connectivity index (χ0v) is 10.1. The van der Waals surface area contributed by atoms with E-state index in [-0.39, 0.29) is 11.5 Å². The molecule has 96 valence electrons. The highest BCUT2D eigenvalue weighted by Crippen LogP contribution is 2.08. The minimum atomic E-state index is -0.317. The predicted molar refractivity (Wildman–Crippen MR) is 70.5 cm³/mol. The van der Waals surface area contributed by atoms with E-state index in [1.807, 2.05) is 22.9 Å². The van der Waals surface area contributed by atoms with Crippen molar-refractivity contribution >= 4 is 17.1 Å². The Balaban J connectivity index is 1.92. The number of pyridine rings is 1. The second-order valence-corrected chi connectivity index (χ2v) is 4.17. The Kier molecular flexibility index (Phi) is 2.71. The first kappa shape index (κ1) is 11.4. The van der Waals surface area contributed by atoms with Gasteiger partial charge in [-0.05, 0) is 18.1 Å². The molecule has 0 atom stereocenters. The van der Waals surface area contributed by atoms with Crippen LogP contribution < -0.4 is 11.3 Å². The van der Waals surface area contributed by atoms with Crippen LogP contribution in [0.2, 0.25) is 0 Å². The lowest BCUT2D eigenvalue weighted by Gasteiger charge is -2.03. The highest BCUT2D eigenvalue weighted by molar-refractivity contribution is 5.70. The van der Waals surface area contributed by atoms with Crippen LogP contribution in [0.1, 0.15) is 5.56 Å². The molecule has 0 bridgehead atoms. The Morgan fingerprint density at radius 1 is 1.42 bits per heavy atom. The number of nitrogens with zero attached hydrogens (tertiary/aromatic N) is 4. The molecule has 0 unspecified atom stereocenters. The first-order valence-electron chi connectivity index (χ1n) is 5.83. The van der Waals surface area contributed by atoms with Crippen LogP contribution in [0, 0.1) is 0 Å². The molecule has 0 aliphatic heterocycles. The molecule has 3 N–H and O–H groups in total. The summed E-state index contributed by atoms with van der Waals surface area (Å²) in [6.45, 7) is 0.665. The number of fused-ring (bicyclic) bond motifs is 1. The van der Waals surface area contributed by atoms with E-state index >= 15 is 0 Å². The van der Waals surface area contributed by atoms with Gasteiger partial charge in [0.2, 0.25) is 5.95 Å². The van der Waals surface area contributed by atoms with E-state index in [1.165, 1.54) is 0 Å². The molecule has 0 saturated heterocycles. The van der Waals surface area contributed by atoms with E-state index in [2.05, 4.69) is 19.9 Å². The summed E-state index contributed by atoms with van der Waals surface area (Å²) in [5.74, 6) is 0.0978. The molecule has 0 aliphatic carbocycles. The summed E-state index contributed by atoms with van der Waals surface area (Å²) in [5, 5.41) is 0. The lowest BCUT2D eigenvalue weighted by atomic mass is 10.2. The van der Waals surface area contributed by atoms with Crippen LogP contribution in [0.15, 0.2) is 35.6 Å². The Bertz CT molecular complexity index is 761. The lowest BCUT2D eigenvalue weighted by molar-refractivity contribution is 0.708. The average Bonchev–Trinajstić information content (AvgIpc) is 2.81. The smallest absolute Gasteiger partial charge is 0.280 e. The summed E-state index contributed by atoms with van der Waals surface area (Å²) >= 11 is 0. The van der Waals surface area contributed by atoms with Crippen LogP contribution in [0.4, 0.5) is 5.95 Å². The fraction of sp³-hybridized carbons (Fsp3) is 0.167. The van der Waals surface area contributed by atoms with Gasteiger partial charge in [0.15, 0.2) is 11.2 Å². The normalized spacial score (nSPS) is 10.9. The quantitative estimate of drug-likeness (QED) is 0.703. The number of hydrogen-bond acceptors (Lipinski definition) is 5. The number of aryl methyl sites for hydroxylation is 2. The number of nitrogens with one attached hydrogen (secondary N) is 1. The monoisotopic (exact) mass is 256 g/mol. The van der Waals surface area contributed by atoms with E-state index in [0.29, 0.717) is 17.7 Å². The van der Waals surface area contributed by atoms with Gasteiger partial charge in [-0.15, -0.1) is 0 Å². The summed E-state index contributed by atoms with van der Waals surface area (Å²) in [4.78, 5) is 26.3. The molecule has 7 heteroatoms. The summed E-state index contributed by atoms with van der Waals surface area (Å²) in [6, 6.07) is 3.89. The van der Waals surface area contributed by atoms with Crippen molar-refractivity contribution in [1.82, 2.24) is 24.5 Å². The minimum absolute atomic E-state index is 0.0978. The van der Waals surface area contributed by atoms with Crippen LogP contribution >= 0.6 is 0 Å². The molecular formula is C12H12N6O. The lowest BCUT2D eigenvalue weighted by Crippen LogP contribution is -2.12. The third-order valence-electron chi connectivity index (χ3n) is 2.86. The number of nitrogens with two attached hydrogens (primary N) is 1. The second-order valence-electron chi connectivity index (χ2n) is 4.17. The highest BCUT2D eigenvalue weighted by Gasteiger charge is 2.08. The molecule has 0 fully saturated rings. The van der Waals surface area contributed by atoms with Gasteiger partial charge in [-0.2, -0.15) is 4.98 Å². The SMILES string of the molecule is Nc1nc2c(ncn2CCc2cccnc2)c(=O)[nH]1. The van der Waals surface area contributed by atoms with Gasteiger partial charge in [0.25, 0.3) is 5.56 Å². The van der Waals surface area contributed by atoms with Crippen LogP contribution in [0.3, 0.4) is 0 Å². The number of imidazole rings is 1. The Labute approximate surface area is 108 Å². The zero-order valence-electron chi connectivity index (χ0n) is 10.1. The maximum atomic E-state index is 11.6. The molecule has 0 spiro atoms. The Hall–Kier alpha value is -2.70. The van der Waals surface area contributed by atoms with Crippen LogP contribution in [-0.2, 0) is 13.0 Å². The molecule has 3 aromatic heterocycles. The van der Waals surface area contributed by atoms with Gasteiger partial charge < -0.3 is 10.3 Å². The molecule has 7 nitrogen and oxygen atoms in total. The molecule has 3 aromatic rings. The average molecular weight is 256 g/mol. The summed E-state index contributed by atoms with van der Waals surface area (Å²) < 4.78 is 1.81. The molecule has 3 rings (SSSR count). The van der Waals surface area contributed by atoms with Gasteiger partial charge >= 0.3 is 0 Å². The van der Waals surface area contributed by atoms with Crippen molar-refractivity contribution in [3.8, 4) is 0 Å². The van der Waals surface area contributed by atoms with Gasteiger partial charge in [0.05, 0.1) is 6.33 Å². The van der Waals surface area contributed by atoms with Crippen molar-refractivity contribution < 1.29 is 0 Å². The van der Waals surface area contributed by atoms with Crippen molar-refractivity contribution in [2.45, 2.75) is 13.0 Å². The van der Waals surface area contributed by atoms with E-state index in [0.717, 1.165) is 12.0 Å². The van der Waals surface area contributed by atoms with Gasteiger partial charge in [-0.1, -0.05) is 6.07 Å². The second kappa shape index (κ2) is 4.52. The number of anilines is 1. The number of aromatic amines is 1. The van der Waals surface area contributed by atoms with E-state index in [4.69, 9.17) is 5.73 Å². The molecule has 0 saturated carbocycles. The van der Waals surface area contributed by atoms with Gasteiger partial charge in [0.1, 0.15) is 0 Å². The molecule has 0 amide bonds. The number of aromatic nitrogens is 5. The van der Waals surface area contributed by atoms with Crippen molar-refractivity contribution in [3.63, 3.8) is 0 Å². The molecule has 0 aromatic carbocycles. The highest BCUT2D eigenvalue weighted by atomic mass is 16.1. The third kappa shape index (κ3) is 2.17. The third-order valence-corrected chi connectivity index (χ3v) is 2.86. The number of hydrogen-bond donors (Lipinski definition) is 2. The molecular weight excluding hydrogens is 244 g/mol. The summed E-state index contributed by atoms with van der Waals surface area (Å²) in [7, 11) is 0. The van der Waals surface area contributed by atoms with Crippen molar-refractivity contribution in [2.24, 2.45) is 0 Å². The van der Waals surface area contributed by atoms with Gasteiger partial charge in [-0.3, -0.25) is 14.8 Å². The molecule has 3 heterocycles. The zero-order chi connectivity index (χ0) is 13.2. The fourth-order valence-electron chi connectivity index (χ4n) is 1.93. The number of rotatable bonds is 3. The number of H-pyrrole nitrogens is 1. The standard InChI is InChI=1S/C12H12N6O/c13-12-16-10-9(11(19)17-12)15-7-18(10)5-3-8-2-1-4-14-6-8/h1-2,4,6-7H,3,5H2,(H3,13,16,17,19). The van der Waals surface area contributed by atoms with Crippen LogP contribution in [0.25, 0.3) is 11.2 Å². The maximum absolute atomic E-state index is 11.6. The molecule has 0 aliphatic rings. The van der Waals surface area contributed by atoms with Crippen LogP contribution in [0.5, 0.6) is 0 Å². The van der Waals surface area contributed by atoms with Gasteiger partial charge in [0, 0.05) is 18.9 Å².